The van der Waals surface area contributed by atoms with Gasteiger partial charge in [-0.3, -0.25) is 0 Å². The van der Waals surface area contributed by atoms with Gasteiger partial charge >= 0.3 is 0 Å². The number of hydrogen-bond acceptors (Lipinski definition) is 1. The smallest absolute Gasteiger partial charge is 0.0107 e. The van der Waals surface area contributed by atoms with Crippen molar-refractivity contribution in [2.75, 3.05) is 7.05 Å². The Labute approximate surface area is 109 Å². The Kier molecular flexibility index (Phi) is 3.33. The van der Waals surface area contributed by atoms with Gasteiger partial charge in [-0.15, -0.1) is 0 Å². The molecule has 0 bridgehead atoms. The Bertz CT molecular complexity index is 523. The zero-order chi connectivity index (χ0) is 12.4. The molecule has 1 nitrogen and oxygen atoms in total. The molecule has 0 heterocycles. The molecule has 0 saturated heterocycles. The predicted molar refractivity (Wildman–Crippen MR) is 77.8 cm³/mol. The first-order chi connectivity index (χ1) is 8.86. The molecule has 2 aromatic rings. The molecular weight excluding hydrogens is 218 g/mol. The fourth-order valence-corrected chi connectivity index (χ4v) is 2.80. The first-order valence-electron chi connectivity index (χ1n) is 7.00. The van der Waals surface area contributed by atoms with E-state index in [1.807, 2.05) is 0 Å². The largest absolute Gasteiger partial charge is 0.317 e. The van der Waals surface area contributed by atoms with Gasteiger partial charge in [0.15, 0.2) is 0 Å². The molecule has 1 atom stereocenters. The number of nitrogens with one attached hydrogen (secondary N) is 1. The summed E-state index contributed by atoms with van der Waals surface area (Å²) >= 11 is 0. The Hall–Kier alpha value is -1.34. The number of fused-ring (bicyclic) bond motifs is 1. The van der Waals surface area contributed by atoms with Crippen molar-refractivity contribution in [2.24, 2.45) is 5.92 Å². The summed E-state index contributed by atoms with van der Waals surface area (Å²) in [6.45, 7) is 0. The first kappa shape index (κ1) is 11.7. The van der Waals surface area contributed by atoms with Crippen LogP contribution in [0.2, 0.25) is 0 Å². The lowest BCUT2D eigenvalue weighted by atomic mass is 9.96. The van der Waals surface area contributed by atoms with Crippen LogP contribution >= 0.6 is 0 Å². The molecule has 0 spiro atoms. The molecule has 1 fully saturated rings. The van der Waals surface area contributed by atoms with E-state index in [-0.39, 0.29) is 0 Å². The van der Waals surface area contributed by atoms with Gasteiger partial charge in [-0.25, -0.2) is 0 Å². The molecule has 0 aliphatic heterocycles. The molecule has 0 radical (unpaired) electrons. The van der Waals surface area contributed by atoms with Gasteiger partial charge in [-0.05, 0) is 42.1 Å². The van der Waals surface area contributed by atoms with E-state index in [0.29, 0.717) is 6.04 Å². The molecule has 1 N–H and O–H groups in total. The monoisotopic (exact) mass is 239 g/mol. The van der Waals surface area contributed by atoms with E-state index >= 15 is 0 Å². The molecule has 94 valence electrons. The summed E-state index contributed by atoms with van der Waals surface area (Å²) in [5.41, 5.74) is 1.48. The lowest BCUT2D eigenvalue weighted by Gasteiger charge is -2.17. The van der Waals surface area contributed by atoms with Gasteiger partial charge in [-0.1, -0.05) is 55.3 Å². The molecular formula is C17H21N. The standard InChI is InChI=1S/C17H21N/c1-18-16(11-13-9-10-13)12-15-7-4-6-14-5-2-3-8-17(14)15/h2-8,13,16,18H,9-12H2,1H3. The SMILES string of the molecule is CNC(Cc1cccc2ccccc12)CC1CC1. The van der Waals surface area contributed by atoms with Gasteiger partial charge in [0.25, 0.3) is 0 Å². The third-order valence-electron chi connectivity index (χ3n) is 4.07. The minimum absolute atomic E-state index is 0.628. The number of hydrogen-bond donors (Lipinski definition) is 1. The number of rotatable bonds is 5. The second kappa shape index (κ2) is 5.11. The van der Waals surface area contributed by atoms with Crippen LogP contribution in [-0.2, 0) is 6.42 Å². The van der Waals surface area contributed by atoms with E-state index < -0.39 is 0 Å². The van der Waals surface area contributed by atoms with Crippen LogP contribution in [0, 0.1) is 5.92 Å². The van der Waals surface area contributed by atoms with Crippen LogP contribution < -0.4 is 5.32 Å². The van der Waals surface area contributed by atoms with E-state index in [9.17, 15) is 0 Å². The van der Waals surface area contributed by atoms with Crippen molar-refractivity contribution in [2.45, 2.75) is 31.7 Å². The van der Waals surface area contributed by atoms with Crippen molar-refractivity contribution in [3.8, 4) is 0 Å². The molecule has 1 saturated carbocycles. The second-order valence-corrected chi connectivity index (χ2v) is 5.51. The van der Waals surface area contributed by atoms with Crippen LogP contribution in [0.25, 0.3) is 10.8 Å². The van der Waals surface area contributed by atoms with E-state index in [2.05, 4.69) is 54.8 Å². The van der Waals surface area contributed by atoms with E-state index in [1.54, 1.807) is 0 Å². The lowest BCUT2D eigenvalue weighted by Crippen LogP contribution is -2.28. The zero-order valence-corrected chi connectivity index (χ0v) is 11.0. The van der Waals surface area contributed by atoms with Crippen LogP contribution in [0.5, 0.6) is 0 Å². The molecule has 3 rings (SSSR count). The summed E-state index contributed by atoms with van der Waals surface area (Å²) in [5, 5.41) is 6.26. The Balaban J connectivity index is 1.84. The lowest BCUT2D eigenvalue weighted by molar-refractivity contribution is 0.491. The average molecular weight is 239 g/mol. The molecule has 1 unspecified atom stereocenters. The van der Waals surface area contributed by atoms with Crippen molar-refractivity contribution in [1.82, 2.24) is 5.32 Å². The Morgan fingerprint density at radius 1 is 1.11 bits per heavy atom. The van der Waals surface area contributed by atoms with Gasteiger partial charge in [-0.2, -0.15) is 0 Å². The van der Waals surface area contributed by atoms with Crippen LogP contribution in [0.4, 0.5) is 0 Å². The van der Waals surface area contributed by atoms with E-state index in [4.69, 9.17) is 0 Å². The van der Waals surface area contributed by atoms with Crippen molar-refractivity contribution in [3.63, 3.8) is 0 Å². The molecule has 1 aliphatic rings. The van der Waals surface area contributed by atoms with Crippen molar-refractivity contribution in [1.29, 1.82) is 0 Å². The van der Waals surface area contributed by atoms with Gasteiger partial charge in [0.1, 0.15) is 0 Å². The Morgan fingerprint density at radius 2 is 1.89 bits per heavy atom. The summed E-state index contributed by atoms with van der Waals surface area (Å²) in [6.07, 6.45) is 5.36. The first-order valence-corrected chi connectivity index (χ1v) is 7.00. The normalized spacial score (nSPS) is 16.9. The number of benzene rings is 2. The maximum absolute atomic E-state index is 3.49. The second-order valence-electron chi connectivity index (χ2n) is 5.51. The van der Waals surface area contributed by atoms with Crippen LogP contribution in [-0.4, -0.2) is 13.1 Å². The summed E-state index contributed by atoms with van der Waals surface area (Å²) in [5.74, 6) is 0.984. The highest BCUT2D eigenvalue weighted by atomic mass is 14.9. The van der Waals surface area contributed by atoms with E-state index in [0.717, 1.165) is 12.3 Å². The fourth-order valence-electron chi connectivity index (χ4n) is 2.80. The Morgan fingerprint density at radius 3 is 2.67 bits per heavy atom. The summed E-state index contributed by atoms with van der Waals surface area (Å²) in [4.78, 5) is 0. The van der Waals surface area contributed by atoms with Gasteiger partial charge in [0.2, 0.25) is 0 Å². The molecule has 1 heteroatoms. The highest BCUT2D eigenvalue weighted by Gasteiger charge is 2.24. The highest BCUT2D eigenvalue weighted by Crippen LogP contribution is 2.34. The predicted octanol–water partition coefficient (Wildman–Crippen LogP) is 3.77. The third-order valence-corrected chi connectivity index (χ3v) is 4.07. The highest BCUT2D eigenvalue weighted by molar-refractivity contribution is 5.85. The number of likely N-dealkylation sites (N-methyl/N-ethyl adjacent to an activating group) is 1. The molecule has 18 heavy (non-hydrogen) atoms. The quantitative estimate of drug-likeness (QED) is 0.837. The molecule has 0 aromatic heterocycles. The molecule has 0 amide bonds. The minimum atomic E-state index is 0.628. The minimum Gasteiger partial charge on any atom is -0.317 e. The maximum atomic E-state index is 3.49. The van der Waals surface area contributed by atoms with Crippen molar-refractivity contribution >= 4 is 10.8 Å². The zero-order valence-electron chi connectivity index (χ0n) is 11.0. The topological polar surface area (TPSA) is 12.0 Å². The molecule has 2 aromatic carbocycles. The fraction of sp³-hybridized carbons (Fsp3) is 0.412. The summed E-state index contributed by atoms with van der Waals surface area (Å²) < 4.78 is 0. The van der Waals surface area contributed by atoms with Crippen molar-refractivity contribution in [3.05, 3.63) is 48.0 Å². The maximum Gasteiger partial charge on any atom is 0.0107 e. The van der Waals surface area contributed by atoms with Crippen molar-refractivity contribution < 1.29 is 0 Å². The average Bonchev–Trinajstić information content (AvgIpc) is 3.22. The molecule has 1 aliphatic carbocycles. The van der Waals surface area contributed by atoms with Gasteiger partial charge in [0.05, 0.1) is 0 Å². The van der Waals surface area contributed by atoms with Crippen LogP contribution in [0.1, 0.15) is 24.8 Å². The van der Waals surface area contributed by atoms with Crippen LogP contribution in [0.3, 0.4) is 0 Å². The van der Waals surface area contributed by atoms with Gasteiger partial charge < -0.3 is 5.32 Å². The van der Waals surface area contributed by atoms with Crippen LogP contribution in [0.15, 0.2) is 42.5 Å². The third kappa shape index (κ3) is 2.56. The summed E-state index contributed by atoms with van der Waals surface area (Å²) in [6, 6.07) is 16.0. The van der Waals surface area contributed by atoms with Gasteiger partial charge in [0, 0.05) is 6.04 Å². The van der Waals surface area contributed by atoms with E-state index in [1.165, 1.54) is 35.6 Å². The summed E-state index contributed by atoms with van der Waals surface area (Å²) in [7, 11) is 2.10.